The van der Waals surface area contributed by atoms with Crippen molar-refractivity contribution in [2.24, 2.45) is 0 Å². The summed E-state index contributed by atoms with van der Waals surface area (Å²) < 4.78 is 7.49. The average Bonchev–Trinajstić information content (AvgIpc) is 3.25. The third-order valence-electron chi connectivity index (χ3n) is 8.83. The third-order valence-corrected chi connectivity index (χ3v) is 8.83. The van der Waals surface area contributed by atoms with E-state index in [4.69, 9.17) is 4.74 Å². The summed E-state index contributed by atoms with van der Waals surface area (Å²) in [6, 6.07) is 8.65. The zero-order chi connectivity index (χ0) is 25.3. The molecule has 196 valence electrons. The van der Waals surface area contributed by atoms with Crippen molar-refractivity contribution in [3.8, 4) is 5.75 Å². The van der Waals surface area contributed by atoms with Gasteiger partial charge in [-0.1, -0.05) is 25.7 Å². The summed E-state index contributed by atoms with van der Waals surface area (Å²) in [6.07, 6.45) is 10.3. The van der Waals surface area contributed by atoms with E-state index in [1.54, 1.807) is 7.11 Å². The fourth-order valence-corrected chi connectivity index (χ4v) is 6.52. The monoisotopic (exact) mass is 494 g/mol. The lowest BCUT2D eigenvalue weighted by molar-refractivity contribution is -0.133. The maximum Gasteiger partial charge on any atom is 0.271 e. The summed E-state index contributed by atoms with van der Waals surface area (Å²) in [5.41, 5.74) is 0.660. The molecule has 2 fully saturated rings. The van der Waals surface area contributed by atoms with E-state index in [0.29, 0.717) is 24.8 Å². The second-order valence-corrected chi connectivity index (χ2v) is 11.3. The van der Waals surface area contributed by atoms with Crippen molar-refractivity contribution in [1.29, 1.82) is 0 Å². The fourth-order valence-electron chi connectivity index (χ4n) is 6.52. The zero-order valence-electron chi connectivity index (χ0n) is 22.2. The van der Waals surface area contributed by atoms with E-state index in [1.807, 2.05) is 40.7 Å². The lowest BCUT2D eigenvalue weighted by Gasteiger charge is -2.45. The van der Waals surface area contributed by atoms with Crippen LogP contribution in [-0.2, 0) is 11.3 Å². The van der Waals surface area contributed by atoms with Gasteiger partial charge in [-0.2, -0.15) is 0 Å². The highest BCUT2D eigenvalue weighted by atomic mass is 16.5. The maximum absolute atomic E-state index is 14.0. The van der Waals surface area contributed by atoms with Crippen LogP contribution in [0.5, 0.6) is 5.75 Å². The molecule has 1 saturated heterocycles. The van der Waals surface area contributed by atoms with Crippen LogP contribution in [0.25, 0.3) is 10.9 Å². The number of hydrogen-bond donors (Lipinski definition) is 1. The lowest BCUT2D eigenvalue weighted by atomic mass is 9.91. The summed E-state index contributed by atoms with van der Waals surface area (Å²) >= 11 is 0. The van der Waals surface area contributed by atoms with Crippen LogP contribution < -0.4 is 10.1 Å². The van der Waals surface area contributed by atoms with Crippen LogP contribution >= 0.6 is 0 Å². The van der Waals surface area contributed by atoms with E-state index in [2.05, 4.69) is 17.1 Å². The highest BCUT2D eigenvalue weighted by molar-refractivity contribution is 6.03. The van der Waals surface area contributed by atoms with Crippen LogP contribution in [0.15, 0.2) is 24.3 Å². The molecule has 1 aromatic carbocycles. The number of likely N-dealkylation sites (tertiary alicyclic amines) is 1. The van der Waals surface area contributed by atoms with Crippen LogP contribution in [0.3, 0.4) is 0 Å². The number of carbonyl (C=O) groups excluding carboxylic acids is 2. The van der Waals surface area contributed by atoms with Crippen LogP contribution in [0, 0.1) is 0 Å². The molecule has 0 radical (unpaired) electrons. The molecular weight excluding hydrogens is 452 g/mol. The number of hydrogen-bond acceptors (Lipinski definition) is 4. The van der Waals surface area contributed by atoms with E-state index >= 15 is 0 Å². The van der Waals surface area contributed by atoms with Crippen LogP contribution in [-0.4, -0.2) is 70.5 Å². The van der Waals surface area contributed by atoms with Gasteiger partial charge in [-0.15, -0.1) is 0 Å². The second-order valence-electron chi connectivity index (χ2n) is 11.3. The molecule has 1 aromatic heterocycles. The summed E-state index contributed by atoms with van der Waals surface area (Å²) in [4.78, 5) is 32.3. The van der Waals surface area contributed by atoms with Crippen molar-refractivity contribution in [1.82, 2.24) is 19.7 Å². The largest absolute Gasteiger partial charge is 0.497 e. The average molecular weight is 495 g/mol. The summed E-state index contributed by atoms with van der Waals surface area (Å²) in [7, 11) is 1.65. The molecular formula is C29H42N4O3. The number of aromatic nitrogens is 1. The quantitative estimate of drug-likeness (QED) is 0.612. The maximum atomic E-state index is 14.0. The van der Waals surface area contributed by atoms with Gasteiger partial charge in [0.2, 0.25) is 5.91 Å². The topological polar surface area (TPSA) is 66.8 Å². The molecule has 3 aliphatic rings. The minimum Gasteiger partial charge on any atom is -0.497 e. The van der Waals surface area contributed by atoms with Crippen molar-refractivity contribution in [2.45, 2.75) is 95.8 Å². The molecule has 7 heteroatoms. The van der Waals surface area contributed by atoms with Crippen molar-refractivity contribution in [2.75, 3.05) is 26.7 Å². The van der Waals surface area contributed by atoms with Gasteiger partial charge < -0.3 is 24.4 Å². The Labute approximate surface area is 215 Å². The Balaban J connectivity index is 1.43. The molecule has 0 unspecified atom stereocenters. The third kappa shape index (κ3) is 4.74. The van der Waals surface area contributed by atoms with Crippen molar-refractivity contribution in [3.05, 3.63) is 30.0 Å². The number of nitrogens with zero attached hydrogens (tertiary/aromatic N) is 3. The Morgan fingerprint density at radius 2 is 1.86 bits per heavy atom. The first-order valence-electron chi connectivity index (χ1n) is 13.9. The SMILES string of the molecule is COc1ccc2cc3n(c2c1)C[C@@](C)(C(=O)NC1CCCCC1)N(CCCN1CCCC[C@@H]1C)C3=O. The zero-order valence-corrected chi connectivity index (χ0v) is 22.2. The molecule has 2 amide bonds. The van der Waals surface area contributed by atoms with Crippen molar-refractivity contribution in [3.63, 3.8) is 0 Å². The van der Waals surface area contributed by atoms with Gasteiger partial charge in [0.1, 0.15) is 17.0 Å². The highest BCUT2D eigenvalue weighted by Gasteiger charge is 2.48. The van der Waals surface area contributed by atoms with E-state index < -0.39 is 5.54 Å². The Kier molecular flexibility index (Phi) is 7.29. The molecule has 2 aromatic rings. The van der Waals surface area contributed by atoms with Crippen LogP contribution in [0.1, 0.15) is 82.1 Å². The Bertz CT molecular complexity index is 1110. The van der Waals surface area contributed by atoms with Gasteiger partial charge >= 0.3 is 0 Å². The minimum atomic E-state index is -0.940. The summed E-state index contributed by atoms with van der Waals surface area (Å²) in [5, 5.41) is 4.34. The number of ether oxygens (including phenoxy) is 1. The van der Waals surface area contributed by atoms with Crippen molar-refractivity contribution >= 4 is 22.7 Å². The molecule has 2 atom stereocenters. The first kappa shape index (κ1) is 25.1. The normalized spacial score (nSPS) is 25.7. The molecule has 1 N–H and O–H groups in total. The van der Waals surface area contributed by atoms with Crippen molar-refractivity contribution < 1.29 is 14.3 Å². The number of rotatable bonds is 7. The van der Waals surface area contributed by atoms with E-state index in [0.717, 1.165) is 61.8 Å². The van der Waals surface area contributed by atoms with Gasteiger partial charge in [0, 0.05) is 36.6 Å². The predicted molar refractivity (Wildman–Crippen MR) is 142 cm³/mol. The molecule has 0 spiro atoms. The van der Waals surface area contributed by atoms with Gasteiger partial charge in [0.25, 0.3) is 5.91 Å². The van der Waals surface area contributed by atoms with E-state index in [1.165, 1.54) is 25.7 Å². The number of fused-ring (bicyclic) bond motifs is 3. The minimum absolute atomic E-state index is 0.0236. The molecule has 1 saturated carbocycles. The van der Waals surface area contributed by atoms with E-state index in [9.17, 15) is 9.59 Å². The summed E-state index contributed by atoms with van der Waals surface area (Å²) in [5.74, 6) is 0.677. The molecule has 1 aliphatic carbocycles. The summed E-state index contributed by atoms with van der Waals surface area (Å²) in [6.45, 7) is 7.39. The molecule has 7 nitrogen and oxygen atoms in total. The Hall–Kier alpha value is -2.54. The molecule has 36 heavy (non-hydrogen) atoms. The smallest absolute Gasteiger partial charge is 0.271 e. The van der Waals surface area contributed by atoms with E-state index in [-0.39, 0.29) is 17.9 Å². The number of nitrogens with one attached hydrogen (secondary N) is 1. The highest BCUT2D eigenvalue weighted by Crippen LogP contribution is 2.34. The van der Waals surface area contributed by atoms with Gasteiger partial charge in [-0.3, -0.25) is 9.59 Å². The molecule has 5 rings (SSSR count). The Morgan fingerprint density at radius 3 is 2.61 bits per heavy atom. The first-order valence-corrected chi connectivity index (χ1v) is 13.9. The van der Waals surface area contributed by atoms with Crippen LogP contribution in [0.4, 0.5) is 0 Å². The van der Waals surface area contributed by atoms with Gasteiger partial charge in [-0.25, -0.2) is 0 Å². The van der Waals surface area contributed by atoms with Crippen LogP contribution in [0.2, 0.25) is 0 Å². The van der Waals surface area contributed by atoms with Gasteiger partial charge in [0.05, 0.1) is 19.2 Å². The van der Waals surface area contributed by atoms with Gasteiger partial charge in [0.15, 0.2) is 0 Å². The Morgan fingerprint density at radius 1 is 1.08 bits per heavy atom. The standard InChI is InChI=1S/C29H42N4O3/c1-21-10-7-8-15-31(21)16-9-17-33-27(34)26-18-22-13-14-24(36-3)19-25(22)32(26)20-29(33,2)28(35)30-23-11-5-4-6-12-23/h13-14,18-19,21,23H,4-12,15-17,20H2,1-3H3,(H,30,35)/t21-,29-/m0/s1. The molecule has 0 bridgehead atoms. The molecule has 3 heterocycles. The second kappa shape index (κ2) is 10.4. The fraction of sp³-hybridized carbons (Fsp3) is 0.655. The first-order chi connectivity index (χ1) is 17.4. The number of amides is 2. The number of methoxy groups -OCH3 is 1. The molecule has 2 aliphatic heterocycles. The number of benzene rings is 1. The predicted octanol–water partition coefficient (Wildman–Crippen LogP) is 4.58. The van der Waals surface area contributed by atoms with Gasteiger partial charge in [-0.05, 0) is 70.7 Å². The lowest BCUT2D eigenvalue weighted by Crippen LogP contribution is -2.65. The number of carbonyl (C=O) groups is 2. The number of piperidine rings is 1.